The van der Waals surface area contributed by atoms with Crippen molar-refractivity contribution in [2.24, 2.45) is 28.2 Å². The fourth-order valence-corrected chi connectivity index (χ4v) is 6.96. The van der Waals surface area contributed by atoms with Gasteiger partial charge in [0.1, 0.15) is 6.10 Å². The number of fused-ring (bicyclic) bond motifs is 1. The van der Waals surface area contributed by atoms with E-state index >= 15 is 0 Å². The number of allylic oxidation sites excluding steroid dienone is 2. The lowest BCUT2D eigenvalue weighted by Crippen LogP contribution is -2.36. The second-order valence-corrected chi connectivity index (χ2v) is 13.0. The Morgan fingerprint density at radius 1 is 1.19 bits per heavy atom. The number of carbonyl (C=O) groups excluding carboxylic acids is 2. The van der Waals surface area contributed by atoms with Gasteiger partial charge in [0.2, 0.25) is 0 Å². The van der Waals surface area contributed by atoms with Crippen LogP contribution < -0.4 is 5.32 Å². The van der Waals surface area contributed by atoms with Crippen LogP contribution in [0.15, 0.2) is 39.9 Å². The van der Waals surface area contributed by atoms with Gasteiger partial charge in [0, 0.05) is 16.4 Å². The minimum Gasteiger partial charge on any atom is -0.464 e. The van der Waals surface area contributed by atoms with Crippen molar-refractivity contribution in [1.82, 2.24) is 0 Å². The molecule has 1 aliphatic heterocycles. The molecule has 0 saturated heterocycles. The molecule has 1 aromatic rings. The highest BCUT2D eigenvalue weighted by atomic mass is 32.2. The van der Waals surface area contributed by atoms with E-state index in [1.165, 1.54) is 6.42 Å². The third-order valence-corrected chi connectivity index (χ3v) is 9.00. The molecule has 6 nitrogen and oxygen atoms in total. The molecule has 1 fully saturated rings. The summed E-state index contributed by atoms with van der Waals surface area (Å²) in [6.45, 7) is 13.3. The molecule has 1 unspecified atom stereocenters. The van der Waals surface area contributed by atoms with E-state index in [4.69, 9.17) is 14.5 Å². The molecular weight excluding hydrogens is 484 g/mol. The minimum atomic E-state index is -0.465. The number of rotatable bonds is 7. The van der Waals surface area contributed by atoms with Crippen molar-refractivity contribution in [3.63, 3.8) is 0 Å². The van der Waals surface area contributed by atoms with Gasteiger partial charge in [0.25, 0.3) is 0 Å². The Morgan fingerprint density at radius 3 is 2.68 bits per heavy atom. The van der Waals surface area contributed by atoms with Crippen molar-refractivity contribution in [2.45, 2.75) is 85.8 Å². The molecule has 0 aromatic heterocycles. The molecule has 7 heteroatoms. The van der Waals surface area contributed by atoms with Gasteiger partial charge in [-0.2, -0.15) is 0 Å². The second-order valence-electron chi connectivity index (χ2n) is 11.9. The molecule has 1 N–H and O–H groups in total. The SMILES string of the molecule is CCOC(=O)C1CSC2=C(Nc3ccccc3C(=O)O[C@@H]3C[C@@H](C)CC[C@@H]3C(C)C)CC(C)(C)CC2=N1. The first kappa shape index (κ1) is 27.7. The lowest BCUT2D eigenvalue weighted by Gasteiger charge is -2.37. The zero-order chi connectivity index (χ0) is 26.7. The first-order valence-electron chi connectivity index (χ1n) is 13.7. The molecule has 37 heavy (non-hydrogen) atoms. The summed E-state index contributed by atoms with van der Waals surface area (Å²) in [7, 11) is 0. The Kier molecular flexibility index (Phi) is 8.72. The molecule has 1 heterocycles. The topological polar surface area (TPSA) is 77.0 Å². The summed E-state index contributed by atoms with van der Waals surface area (Å²) < 4.78 is 11.4. The van der Waals surface area contributed by atoms with Crippen LogP contribution in [-0.4, -0.2) is 42.2 Å². The number of hydrogen-bond donors (Lipinski definition) is 1. The van der Waals surface area contributed by atoms with E-state index in [1.54, 1.807) is 11.8 Å². The monoisotopic (exact) mass is 526 g/mol. The largest absolute Gasteiger partial charge is 0.464 e. The maximum absolute atomic E-state index is 13.5. The molecule has 4 atom stereocenters. The number of esters is 2. The van der Waals surface area contributed by atoms with Crippen LogP contribution in [0, 0.1) is 23.2 Å². The standard InChI is InChI=1S/C30H42N2O4S/c1-7-35-29(34)25-17-37-27-23(15-30(5,6)16-24(27)32-25)31-22-11-9-8-10-21(22)28(33)36-26-14-19(4)12-13-20(26)18(2)3/h8-11,18-20,25-26,31H,7,12-17H2,1-6H3/t19-,20+,25?,26+/m0/s1. The fourth-order valence-electron chi connectivity index (χ4n) is 5.84. The zero-order valence-electron chi connectivity index (χ0n) is 23.1. The Labute approximate surface area is 226 Å². The van der Waals surface area contributed by atoms with Crippen molar-refractivity contribution >= 4 is 35.1 Å². The number of nitrogens with one attached hydrogen (secondary N) is 1. The molecule has 2 aliphatic carbocycles. The van der Waals surface area contributed by atoms with Crippen LogP contribution >= 0.6 is 11.8 Å². The van der Waals surface area contributed by atoms with Crippen LogP contribution in [-0.2, 0) is 14.3 Å². The van der Waals surface area contributed by atoms with E-state index in [0.717, 1.165) is 47.7 Å². The molecule has 0 radical (unpaired) electrons. The van der Waals surface area contributed by atoms with E-state index < -0.39 is 6.04 Å². The van der Waals surface area contributed by atoms with Gasteiger partial charge in [-0.3, -0.25) is 4.99 Å². The number of thioether (sulfide) groups is 1. The summed E-state index contributed by atoms with van der Waals surface area (Å²) in [6, 6.07) is 7.16. The van der Waals surface area contributed by atoms with E-state index in [2.05, 4.69) is 39.9 Å². The van der Waals surface area contributed by atoms with Crippen molar-refractivity contribution in [2.75, 3.05) is 17.7 Å². The summed E-state index contributed by atoms with van der Waals surface area (Å²) in [5, 5.41) is 3.60. The van der Waals surface area contributed by atoms with Gasteiger partial charge in [0.05, 0.1) is 23.6 Å². The molecule has 1 saturated carbocycles. The van der Waals surface area contributed by atoms with E-state index in [9.17, 15) is 9.59 Å². The maximum atomic E-state index is 13.5. The van der Waals surface area contributed by atoms with Crippen LogP contribution in [0.5, 0.6) is 0 Å². The Morgan fingerprint density at radius 2 is 1.95 bits per heavy atom. The Balaban J connectivity index is 1.59. The van der Waals surface area contributed by atoms with Gasteiger partial charge < -0.3 is 14.8 Å². The number of ether oxygens (including phenoxy) is 2. The zero-order valence-corrected chi connectivity index (χ0v) is 24.0. The lowest BCUT2D eigenvalue weighted by atomic mass is 9.75. The van der Waals surface area contributed by atoms with E-state index in [0.29, 0.717) is 35.7 Å². The molecule has 202 valence electrons. The summed E-state index contributed by atoms with van der Waals surface area (Å²) in [6.07, 6.45) is 4.81. The summed E-state index contributed by atoms with van der Waals surface area (Å²) in [5.74, 6) is 1.48. The van der Waals surface area contributed by atoms with Crippen LogP contribution in [0.1, 0.15) is 84.0 Å². The van der Waals surface area contributed by atoms with Crippen molar-refractivity contribution in [3.05, 3.63) is 40.4 Å². The van der Waals surface area contributed by atoms with Gasteiger partial charge in [0.15, 0.2) is 6.04 Å². The third-order valence-electron chi connectivity index (χ3n) is 7.75. The Hall–Kier alpha value is -2.28. The highest BCUT2D eigenvalue weighted by molar-refractivity contribution is 8.04. The van der Waals surface area contributed by atoms with Crippen LogP contribution in [0.3, 0.4) is 0 Å². The second kappa shape index (κ2) is 11.6. The van der Waals surface area contributed by atoms with E-state index in [1.807, 2.05) is 31.2 Å². The van der Waals surface area contributed by atoms with Gasteiger partial charge >= 0.3 is 11.9 Å². The molecule has 4 rings (SSSR count). The summed E-state index contributed by atoms with van der Waals surface area (Å²) in [4.78, 5) is 31.7. The number of aliphatic imine (C=N–C) groups is 1. The number of nitrogens with zero attached hydrogens (tertiary/aromatic N) is 1. The van der Waals surface area contributed by atoms with E-state index in [-0.39, 0.29) is 23.5 Å². The predicted octanol–water partition coefficient (Wildman–Crippen LogP) is 6.87. The average Bonchev–Trinajstić information content (AvgIpc) is 2.83. The third kappa shape index (κ3) is 6.60. The van der Waals surface area contributed by atoms with Crippen molar-refractivity contribution < 1.29 is 19.1 Å². The molecule has 1 aromatic carbocycles. The summed E-state index contributed by atoms with van der Waals surface area (Å²) >= 11 is 1.65. The fraction of sp³-hybridized carbons (Fsp3) is 0.633. The highest BCUT2D eigenvalue weighted by Crippen LogP contribution is 2.44. The molecule has 0 spiro atoms. The van der Waals surface area contributed by atoms with Crippen LogP contribution in [0.2, 0.25) is 0 Å². The smallest absolute Gasteiger partial charge is 0.340 e. The number of hydrogen-bond acceptors (Lipinski definition) is 7. The maximum Gasteiger partial charge on any atom is 0.340 e. The highest BCUT2D eigenvalue weighted by Gasteiger charge is 2.37. The number of carbonyl (C=O) groups is 2. The molecule has 3 aliphatic rings. The molecule has 0 bridgehead atoms. The van der Waals surface area contributed by atoms with Gasteiger partial charge in [-0.05, 0) is 67.9 Å². The van der Waals surface area contributed by atoms with Crippen molar-refractivity contribution in [3.8, 4) is 0 Å². The van der Waals surface area contributed by atoms with Crippen LogP contribution in [0.4, 0.5) is 5.69 Å². The number of benzene rings is 1. The van der Waals surface area contributed by atoms with Gasteiger partial charge in [-0.1, -0.05) is 53.2 Å². The van der Waals surface area contributed by atoms with Crippen molar-refractivity contribution in [1.29, 1.82) is 0 Å². The first-order valence-corrected chi connectivity index (χ1v) is 14.7. The average molecular weight is 527 g/mol. The van der Waals surface area contributed by atoms with Crippen LogP contribution in [0.25, 0.3) is 0 Å². The molecule has 0 amide bonds. The first-order chi connectivity index (χ1) is 17.6. The quantitative estimate of drug-likeness (QED) is 0.391. The van der Waals surface area contributed by atoms with Gasteiger partial charge in [-0.25, -0.2) is 9.59 Å². The number of para-hydroxylation sites is 1. The predicted molar refractivity (Wildman–Crippen MR) is 151 cm³/mol. The summed E-state index contributed by atoms with van der Waals surface area (Å²) in [5.41, 5.74) is 3.28. The van der Waals surface area contributed by atoms with Gasteiger partial charge in [-0.15, -0.1) is 11.8 Å². The molecular formula is C30H42N2O4S. The lowest BCUT2D eigenvalue weighted by molar-refractivity contribution is -0.144. The number of anilines is 1. The normalized spacial score (nSPS) is 27.3. The minimum absolute atomic E-state index is 0.0278. The Bertz CT molecular complexity index is 1080.